The summed E-state index contributed by atoms with van der Waals surface area (Å²) in [4.78, 5) is 0. The van der Waals surface area contributed by atoms with Crippen molar-refractivity contribution in [1.29, 1.82) is 0 Å². The fraction of sp³-hybridized carbons (Fsp3) is 0.294. The molecule has 1 N–H and O–H groups in total. The first-order valence-electron chi connectivity index (χ1n) is 6.66. The molecule has 100 valence electrons. The van der Waals surface area contributed by atoms with Crippen LogP contribution in [0.1, 0.15) is 36.1 Å². The Balaban J connectivity index is 2.11. The number of rotatable bonds is 5. The van der Waals surface area contributed by atoms with Crippen molar-refractivity contribution in [2.24, 2.45) is 0 Å². The third kappa shape index (κ3) is 3.58. The standard InChI is InChI=1S/C17H20O2/c1-3-16(18)15-9-4-5-10-17(15)19-12-14-8-6-7-13(2)11-14/h4-11,16,18H,3,12H2,1-2H3/t16-/m1/s1. The first-order chi connectivity index (χ1) is 9.20. The van der Waals surface area contributed by atoms with Crippen molar-refractivity contribution >= 4 is 0 Å². The van der Waals surface area contributed by atoms with Gasteiger partial charge in [0.15, 0.2) is 0 Å². The lowest BCUT2D eigenvalue weighted by molar-refractivity contribution is 0.166. The molecule has 0 aliphatic heterocycles. The van der Waals surface area contributed by atoms with Gasteiger partial charge >= 0.3 is 0 Å². The number of hydrogen-bond acceptors (Lipinski definition) is 2. The molecule has 1 atom stereocenters. The Labute approximate surface area is 114 Å². The zero-order valence-electron chi connectivity index (χ0n) is 11.5. The predicted molar refractivity (Wildman–Crippen MR) is 77.2 cm³/mol. The van der Waals surface area contributed by atoms with E-state index in [0.717, 1.165) is 16.9 Å². The largest absolute Gasteiger partial charge is 0.489 e. The molecule has 0 amide bonds. The van der Waals surface area contributed by atoms with Crippen LogP contribution in [0.5, 0.6) is 5.75 Å². The minimum absolute atomic E-state index is 0.464. The number of aliphatic hydroxyl groups excluding tert-OH is 1. The Morgan fingerprint density at radius 3 is 2.63 bits per heavy atom. The van der Waals surface area contributed by atoms with E-state index < -0.39 is 6.10 Å². The Bertz CT molecular complexity index is 534. The van der Waals surface area contributed by atoms with Gasteiger partial charge in [-0.1, -0.05) is 55.0 Å². The van der Waals surface area contributed by atoms with Gasteiger partial charge in [0, 0.05) is 5.56 Å². The predicted octanol–water partition coefficient (Wildman–Crippen LogP) is 4.02. The number of ether oxygens (including phenoxy) is 1. The van der Waals surface area contributed by atoms with Gasteiger partial charge in [-0.3, -0.25) is 0 Å². The van der Waals surface area contributed by atoms with Gasteiger partial charge in [0.05, 0.1) is 6.10 Å². The molecule has 0 aromatic heterocycles. The van der Waals surface area contributed by atoms with Crippen LogP contribution in [-0.2, 0) is 6.61 Å². The summed E-state index contributed by atoms with van der Waals surface area (Å²) >= 11 is 0. The summed E-state index contributed by atoms with van der Waals surface area (Å²) in [6.45, 7) is 4.55. The third-order valence-electron chi connectivity index (χ3n) is 3.14. The van der Waals surface area contributed by atoms with Crippen molar-refractivity contribution in [1.82, 2.24) is 0 Å². The molecule has 0 bridgehead atoms. The van der Waals surface area contributed by atoms with Crippen LogP contribution in [-0.4, -0.2) is 5.11 Å². The molecule has 0 aliphatic rings. The summed E-state index contributed by atoms with van der Waals surface area (Å²) in [6.07, 6.45) is 0.221. The van der Waals surface area contributed by atoms with Crippen molar-refractivity contribution in [3.05, 3.63) is 65.2 Å². The Kier molecular flexibility index (Phi) is 4.58. The Hall–Kier alpha value is -1.80. The second kappa shape index (κ2) is 6.39. The van der Waals surface area contributed by atoms with Crippen LogP contribution >= 0.6 is 0 Å². The van der Waals surface area contributed by atoms with Crippen LogP contribution in [0.2, 0.25) is 0 Å². The highest BCUT2D eigenvalue weighted by Crippen LogP contribution is 2.27. The molecule has 0 radical (unpaired) electrons. The van der Waals surface area contributed by atoms with E-state index in [1.165, 1.54) is 5.56 Å². The van der Waals surface area contributed by atoms with Gasteiger partial charge in [-0.2, -0.15) is 0 Å². The van der Waals surface area contributed by atoms with Crippen molar-refractivity contribution in [3.8, 4) is 5.75 Å². The topological polar surface area (TPSA) is 29.5 Å². The lowest BCUT2D eigenvalue weighted by Gasteiger charge is -2.15. The summed E-state index contributed by atoms with van der Waals surface area (Å²) in [5.74, 6) is 0.762. The second-order valence-electron chi connectivity index (χ2n) is 4.74. The second-order valence-corrected chi connectivity index (χ2v) is 4.74. The van der Waals surface area contributed by atoms with Crippen molar-refractivity contribution < 1.29 is 9.84 Å². The molecule has 19 heavy (non-hydrogen) atoms. The number of benzene rings is 2. The average molecular weight is 256 g/mol. The highest BCUT2D eigenvalue weighted by Gasteiger charge is 2.10. The Morgan fingerprint density at radius 2 is 1.89 bits per heavy atom. The van der Waals surface area contributed by atoms with E-state index in [0.29, 0.717) is 13.0 Å². The van der Waals surface area contributed by atoms with Crippen LogP contribution in [0.25, 0.3) is 0 Å². The molecular weight excluding hydrogens is 236 g/mol. The van der Waals surface area contributed by atoms with Crippen LogP contribution in [0.4, 0.5) is 0 Å². The molecule has 2 heteroatoms. The molecule has 2 aromatic rings. The van der Waals surface area contributed by atoms with E-state index in [1.807, 2.05) is 43.3 Å². The highest BCUT2D eigenvalue weighted by molar-refractivity contribution is 5.35. The molecule has 2 aromatic carbocycles. The molecule has 0 unspecified atom stereocenters. The average Bonchev–Trinajstić information content (AvgIpc) is 2.45. The molecule has 0 saturated carbocycles. The number of aliphatic hydroxyl groups is 1. The molecule has 0 spiro atoms. The summed E-state index contributed by atoms with van der Waals surface area (Å²) < 4.78 is 5.84. The maximum Gasteiger partial charge on any atom is 0.125 e. The fourth-order valence-corrected chi connectivity index (χ4v) is 2.07. The van der Waals surface area contributed by atoms with Crippen molar-refractivity contribution in [2.45, 2.75) is 33.0 Å². The van der Waals surface area contributed by atoms with Gasteiger partial charge < -0.3 is 9.84 Å². The van der Waals surface area contributed by atoms with Crippen LogP contribution in [0, 0.1) is 6.92 Å². The Morgan fingerprint density at radius 1 is 1.11 bits per heavy atom. The fourth-order valence-electron chi connectivity index (χ4n) is 2.07. The van der Waals surface area contributed by atoms with E-state index in [4.69, 9.17) is 4.74 Å². The summed E-state index contributed by atoms with van der Waals surface area (Å²) in [5.41, 5.74) is 3.22. The number of hydrogen-bond donors (Lipinski definition) is 1. The van der Waals surface area contributed by atoms with E-state index in [1.54, 1.807) is 0 Å². The van der Waals surface area contributed by atoms with Gasteiger partial charge in [0.25, 0.3) is 0 Å². The van der Waals surface area contributed by atoms with Crippen LogP contribution < -0.4 is 4.74 Å². The van der Waals surface area contributed by atoms with Crippen LogP contribution in [0.15, 0.2) is 48.5 Å². The normalized spacial score (nSPS) is 12.2. The SMILES string of the molecule is CC[C@@H](O)c1ccccc1OCc1cccc(C)c1. The minimum Gasteiger partial charge on any atom is -0.489 e. The summed E-state index contributed by atoms with van der Waals surface area (Å²) in [7, 11) is 0. The first-order valence-corrected chi connectivity index (χ1v) is 6.66. The van der Waals surface area contributed by atoms with E-state index >= 15 is 0 Å². The summed E-state index contributed by atoms with van der Waals surface area (Å²) in [6, 6.07) is 15.9. The van der Waals surface area contributed by atoms with Gasteiger partial charge in [-0.15, -0.1) is 0 Å². The molecule has 0 saturated heterocycles. The van der Waals surface area contributed by atoms with Crippen molar-refractivity contribution in [2.75, 3.05) is 0 Å². The minimum atomic E-state index is -0.464. The quantitative estimate of drug-likeness (QED) is 0.875. The molecule has 2 rings (SSSR count). The van der Waals surface area contributed by atoms with Gasteiger partial charge in [0.2, 0.25) is 0 Å². The van der Waals surface area contributed by atoms with E-state index in [2.05, 4.69) is 19.1 Å². The van der Waals surface area contributed by atoms with E-state index in [-0.39, 0.29) is 0 Å². The lowest BCUT2D eigenvalue weighted by Crippen LogP contribution is -2.02. The molecule has 0 heterocycles. The smallest absolute Gasteiger partial charge is 0.125 e. The maximum absolute atomic E-state index is 9.97. The lowest BCUT2D eigenvalue weighted by atomic mass is 10.1. The van der Waals surface area contributed by atoms with Gasteiger partial charge in [0.1, 0.15) is 12.4 Å². The first kappa shape index (κ1) is 13.6. The zero-order chi connectivity index (χ0) is 13.7. The maximum atomic E-state index is 9.97. The van der Waals surface area contributed by atoms with Gasteiger partial charge in [-0.05, 0) is 25.0 Å². The zero-order valence-corrected chi connectivity index (χ0v) is 11.5. The van der Waals surface area contributed by atoms with E-state index in [9.17, 15) is 5.11 Å². The molecule has 0 aliphatic carbocycles. The number of aryl methyl sites for hydroxylation is 1. The third-order valence-corrected chi connectivity index (χ3v) is 3.14. The van der Waals surface area contributed by atoms with Gasteiger partial charge in [-0.25, -0.2) is 0 Å². The molecular formula is C17H20O2. The molecule has 2 nitrogen and oxygen atoms in total. The summed E-state index contributed by atoms with van der Waals surface area (Å²) in [5, 5.41) is 9.97. The van der Waals surface area contributed by atoms with Crippen LogP contribution in [0.3, 0.4) is 0 Å². The number of para-hydroxylation sites is 1. The van der Waals surface area contributed by atoms with Crippen molar-refractivity contribution in [3.63, 3.8) is 0 Å². The highest BCUT2D eigenvalue weighted by atomic mass is 16.5. The molecule has 0 fully saturated rings. The monoisotopic (exact) mass is 256 g/mol.